The Labute approximate surface area is 252 Å². The predicted octanol–water partition coefficient (Wildman–Crippen LogP) is 2.41. The molecule has 3 aromatic heterocycles. The number of fused-ring (bicyclic) bond motifs is 1. The van der Waals surface area contributed by atoms with Gasteiger partial charge in [0.05, 0.1) is 23.8 Å². The van der Waals surface area contributed by atoms with Crippen LogP contribution in [0.25, 0.3) is 16.8 Å². The van der Waals surface area contributed by atoms with Gasteiger partial charge in [-0.2, -0.15) is 10.4 Å². The van der Waals surface area contributed by atoms with Crippen molar-refractivity contribution >= 4 is 17.2 Å². The van der Waals surface area contributed by atoms with Crippen LogP contribution in [-0.2, 0) is 10.2 Å². The predicted molar refractivity (Wildman–Crippen MR) is 168 cm³/mol. The average molecular weight is 581 g/mol. The summed E-state index contributed by atoms with van der Waals surface area (Å²) < 4.78 is 1.75. The van der Waals surface area contributed by atoms with E-state index in [1.165, 1.54) is 0 Å². The molecule has 224 valence electrons. The number of rotatable bonds is 9. The number of aryl methyl sites for hydroxylation is 1. The number of anilines is 1. The maximum absolute atomic E-state index is 13.2. The Bertz CT molecular complexity index is 1600. The topological polar surface area (TPSA) is 140 Å². The summed E-state index contributed by atoms with van der Waals surface area (Å²) in [5, 5.41) is 20.8. The van der Waals surface area contributed by atoms with Gasteiger partial charge in [0, 0.05) is 56.4 Å². The highest BCUT2D eigenvalue weighted by atomic mass is 16.2. The minimum absolute atomic E-state index is 0.0540. The molecule has 0 radical (unpaired) electrons. The van der Waals surface area contributed by atoms with Crippen molar-refractivity contribution in [3.05, 3.63) is 77.4 Å². The Kier molecular flexibility index (Phi) is 9.01. The molecule has 0 spiro atoms. The summed E-state index contributed by atoms with van der Waals surface area (Å²) in [6, 6.07) is 13.4. The van der Waals surface area contributed by atoms with Crippen LogP contribution in [0.2, 0.25) is 0 Å². The van der Waals surface area contributed by atoms with E-state index in [0.29, 0.717) is 49.5 Å². The van der Waals surface area contributed by atoms with Crippen LogP contribution in [0.5, 0.6) is 0 Å². The molecule has 4 aromatic rings. The van der Waals surface area contributed by atoms with Crippen LogP contribution in [0, 0.1) is 18.3 Å². The molecule has 1 aliphatic heterocycles. The van der Waals surface area contributed by atoms with E-state index in [0.717, 1.165) is 41.2 Å². The lowest BCUT2D eigenvalue weighted by atomic mass is 9.86. The summed E-state index contributed by atoms with van der Waals surface area (Å²) in [4.78, 5) is 27.2. The Morgan fingerprint density at radius 1 is 1.07 bits per heavy atom. The number of nitrogens with two attached hydrogens (primary N) is 1. The summed E-state index contributed by atoms with van der Waals surface area (Å²) >= 11 is 0. The number of hydrogen-bond acceptors (Lipinski definition) is 9. The zero-order valence-corrected chi connectivity index (χ0v) is 25.3. The van der Waals surface area contributed by atoms with E-state index < -0.39 is 6.04 Å². The number of carbonyl (C=O) groups excluding carboxylic acids is 1. The van der Waals surface area contributed by atoms with Crippen molar-refractivity contribution in [2.45, 2.75) is 31.7 Å². The highest BCUT2D eigenvalue weighted by molar-refractivity contribution is 5.83. The van der Waals surface area contributed by atoms with Gasteiger partial charge in [-0.05, 0) is 45.1 Å². The number of nitriles is 1. The maximum atomic E-state index is 13.2. The van der Waals surface area contributed by atoms with Crippen molar-refractivity contribution in [1.82, 2.24) is 35.1 Å². The highest BCUT2D eigenvalue weighted by Gasteiger charge is 2.30. The first-order valence-corrected chi connectivity index (χ1v) is 14.7. The molecule has 0 bridgehead atoms. The van der Waals surface area contributed by atoms with Gasteiger partial charge >= 0.3 is 0 Å². The standard InChI is InChI=1S/C32H40N10O/c1-22-6-8-23(9-7-22)28(34)31(43)41-13-5-12-40(14-15-41)27-11-10-24(17-37-27)29-30-25(16-33)18-38-42(30)19-26(39-29)32(2,20-35-3)21-36-4/h6-11,17-19,28,35-36H,5,12-15,20-21,34H2,1-4H3. The molecule has 4 heterocycles. The van der Waals surface area contributed by atoms with Crippen LogP contribution in [0.1, 0.15) is 41.8 Å². The summed E-state index contributed by atoms with van der Waals surface area (Å²) in [5.41, 5.74) is 11.5. The first kappa shape index (κ1) is 30.1. The van der Waals surface area contributed by atoms with Crippen molar-refractivity contribution in [3.63, 3.8) is 0 Å². The van der Waals surface area contributed by atoms with Crippen LogP contribution >= 0.6 is 0 Å². The van der Waals surface area contributed by atoms with Gasteiger partial charge in [-0.15, -0.1) is 0 Å². The number of carbonyl (C=O) groups is 1. The minimum atomic E-state index is -0.672. The molecule has 1 fully saturated rings. The first-order chi connectivity index (χ1) is 20.8. The van der Waals surface area contributed by atoms with Crippen molar-refractivity contribution in [1.29, 1.82) is 5.26 Å². The third kappa shape index (κ3) is 6.22. The second-order valence-electron chi connectivity index (χ2n) is 11.5. The largest absolute Gasteiger partial charge is 0.355 e. The van der Waals surface area contributed by atoms with Gasteiger partial charge < -0.3 is 26.2 Å². The number of benzene rings is 1. The SMILES string of the molecule is CNCC(C)(CNC)c1cn2ncc(C#N)c2c(-c2ccc(N3CCCN(C(=O)C(N)c4ccc(C)cc4)CC3)nc2)n1. The van der Waals surface area contributed by atoms with Crippen molar-refractivity contribution in [3.8, 4) is 17.3 Å². The lowest BCUT2D eigenvalue weighted by Crippen LogP contribution is -2.42. The molecule has 1 aromatic carbocycles. The molecule has 4 N–H and O–H groups in total. The second kappa shape index (κ2) is 12.9. The van der Waals surface area contributed by atoms with Crippen molar-refractivity contribution in [2.75, 3.05) is 58.3 Å². The Balaban J connectivity index is 1.38. The molecule has 5 rings (SSSR count). The summed E-state index contributed by atoms with van der Waals surface area (Å²) in [6.45, 7) is 8.24. The van der Waals surface area contributed by atoms with Crippen LogP contribution in [0.4, 0.5) is 5.82 Å². The average Bonchev–Trinajstić information content (AvgIpc) is 3.28. The zero-order valence-electron chi connectivity index (χ0n) is 25.3. The smallest absolute Gasteiger partial charge is 0.244 e. The Morgan fingerprint density at radius 3 is 2.47 bits per heavy atom. The molecule has 43 heavy (non-hydrogen) atoms. The third-order valence-electron chi connectivity index (χ3n) is 8.22. The lowest BCUT2D eigenvalue weighted by Gasteiger charge is -2.29. The Morgan fingerprint density at radius 2 is 1.81 bits per heavy atom. The molecule has 0 saturated carbocycles. The second-order valence-corrected chi connectivity index (χ2v) is 11.5. The van der Waals surface area contributed by atoms with Crippen molar-refractivity contribution in [2.24, 2.45) is 5.73 Å². The monoisotopic (exact) mass is 580 g/mol. The maximum Gasteiger partial charge on any atom is 0.244 e. The fourth-order valence-corrected chi connectivity index (χ4v) is 5.81. The number of nitrogens with zero attached hydrogens (tertiary/aromatic N) is 7. The van der Waals surface area contributed by atoms with Crippen LogP contribution in [0.3, 0.4) is 0 Å². The molecule has 11 heteroatoms. The normalized spacial score (nSPS) is 14.9. The third-order valence-corrected chi connectivity index (χ3v) is 8.22. The molecule has 0 aliphatic carbocycles. The minimum Gasteiger partial charge on any atom is -0.355 e. The molecular formula is C32H40N10O. The van der Waals surface area contributed by atoms with E-state index in [2.05, 4.69) is 33.6 Å². The van der Waals surface area contributed by atoms with E-state index in [-0.39, 0.29) is 11.3 Å². The van der Waals surface area contributed by atoms with Crippen LogP contribution < -0.4 is 21.3 Å². The van der Waals surface area contributed by atoms with Gasteiger partial charge in [0.25, 0.3) is 0 Å². The number of amides is 1. The number of likely N-dealkylation sites (N-methyl/N-ethyl adjacent to an activating group) is 2. The van der Waals surface area contributed by atoms with Crippen LogP contribution in [-0.4, -0.2) is 83.8 Å². The van der Waals surface area contributed by atoms with Crippen molar-refractivity contribution < 1.29 is 4.79 Å². The number of nitrogens with one attached hydrogen (secondary N) is 2. The van der Waals surface area contributed by atoms with Gasteiger partial charge in [-0.3, -0.25) is 4.79 Å². The molecule has 1 amide bonds. The van der Waals surface area contributed by atoms with Gasteiger partial charge in [-0.25, -0.2) is 14.5 Å². The Hall–Kier alpha value is -4.37. The number of aromatic nitrogens is 4. The highest BCUT2D eigenvalue weighted by Crippen LogP contribution is 2.30. The zero-order chi connectivity index (χ0) is 30.6. The van der Waals surface area contributed by atoms with Gasteiger partial charge in [-0.1, -0.05) is 36.8 Å². The quantitative estimate of drug-likeness (QED) is 0.272. The van der Waals surface area contributed by atoms with E-state index in [1.807, 2.05) is 74.7 Å². The van der Waals surface area contributed by atoms with E-state index >= 15 is 0 Å². The molecule has 1 aliphatic rings. The molecule has 1 atom stereocenters. The van der Waals surface area contributed by atoms with E-state index in [1.54, 1.807) is 10.7 Å². The van der Waals surface area contributed by atoms with E-state index in [9.17, 15) is 10.1 Å². The summed E-state index contributed by atoms with van der Waals surface area (Å²) in [5.74, 6) is 0.777. The summed E-state index contributed by atoms with van der Waals surface area (Å²) in [7, 11) is 3.85. The number of hydrogen-bond donors (Lipinski definition) is 3. The van der Waals surface area contributed by atoms with E-state index in [4.69, 9.17) is 15.7 Å². The summed E-state index contributed by atoms with van der Waals surface area (Å²) in [6.07, 6.45) is 6.11. The van der Waals surface area contributed by atoms with Gasteiger partial charge in [0.15, 0.2) is 0 Å². The fourth-order valence-electron chi connectivity index (χ4n) is 5.81. The molecular weight excluding hydrogens is 540 g/mol. The molecule has 1 saturated heterocycles. The van der Waals surface area contributed by atoms with Gasteiger partial charge in [0.1, 0.15) is 29.0 Å². The molecule has 11 nitrogen and oxygen atoms in total. The number of pyridine rings is 1. The molecule has 1 unspecified atom stereocenters. The lowest BCUT2D eigenvalue weighted by molar-refractivity contribution is -0.132. The van der Waals surface area contributed by atoms with Gasteiger partial charge in [0.2, 0.25) is 5.91 Å². The fraction of sp³-hybridized carbons (Fsp3) is 0.406. The van der Waals surface area contributed by atoms with Crippen LogP contribution in [0.15, 0.2) is 55.0 Å². The first-order valence-electron chi connectivity index (χ1n) is 14.7.